The number of aromatic amines is 1. The van der Waals surface area contributed by atoms with Gasteiger partial charge in [-0.1, -0.05) is 6.92 Å². The first-order valence-corrected chi connectivity index (χ1v) is 7.13. The molecule has 1 aromatic carbocycles. The molecule has 2 aromatic rings. The maximum atomic E-state index is 12.1. The zero-order valence-corrected chi connectivity index (χ0v) is 13.0. The van der Waals surface area contributed by atoms with Crippen LogP contribution < -0.4 is 20.3 Å². The molecule has 0 aliphatic carbocycles. The maximum absolute atomic E-state index is 12.1. The van der Waals surface area contributed by atoms with Gasteiger partial charge in [-0.25, -0.2) is 0 Å². The first-order valence-electron chi connectivity index (χ1n) is 7.13. The highest BCUT2D eigenvalue weighted by atomic mass is 16.5. The second-order valence-corrected chi connectivity index (χ2v) is 4.94. The van der Waals surface area contributed by atoms with Crippen LogP contribution in [0.5, 0.6) is 11.5 Å². The Kier molecular flexibility index (Phi) is 5.04. The SMILES string of the molecule is CCCC(=O)NCc1cc2cc(OC)c(OC)cc2[nH]c1=O. The van der Waals surface area contributed by atoms with E-state index in [0.29, 0.717) is 29.0 Å². The molecule has 0 aliphatic rings. The third kappa shape index (κ3) is 3.39. The van der Waals surface area contributed by atoms with Crippen LogP contribution in [0, 0.1) is 0 Å². The number of benzene rings is 1. The lowest BCUT2D eigenvalue weighted by Crippen LogP contribution is -2.26. The van der Waals surface area contributed by atoms with Crippen molar-refractivity contribution >= 4 is 16.8 Å². The lowest BCUT2D eigenvalue weighted by atomic mass is 10.1. The van der Waals surface area contributed by atoms with E-state index in [-0.39, 0.29) is 18.0 Å². The molecule has 0 aliphatic heterocycles. The average Bonchev–Trinajstić information content (AvgIpc) is 2.51. The van der Waals surface area contributed by atoms with Crippen LogP contribution >= 0.6 is 0 Å². The number of H-pyrrole nitrogens is 1. The molecule has 22 heavy (non-hydrogen) atoms. The largest absolute Gasteiger partial charge is 0.493 e. The molecule has 0 saturated heterocycles. The van der Waals surface area contributed by atoms with E-state index in [1.807, 2.05) is 6.92 Å². The van der Waals surface area contributed by atoms with E-state index >= 15 is 0 Å². The van der Waals surface area contributed by atoms with Gasteiger partial charge in [-0.3, -0.25) is 9.59 Å². The molecular weight excluding hydrogens is 284 g/mol. The average molecular weight is 304 g/mol. The molecule has 1 heterocycles. The molecule has 118 valence electrons. The van der Waals surface area contributed by atoms with Gasteiger partial charge in [0.05, 0.1) is 19.7 Å². The first kappa shape index (κ1) is 15.9. The number of pyridine rings is 1. The Labute approximate surface area is 128 Å². The topological polar surface area (TPSA) is 80.4 Å². The molecule has 0 unspecified atom stereocenters. The Balaban J connectivity index is 2.35. The van der Waals surface area contributed by atoms with Crippen molar-refractivity contribution in [2.45, 2.75) is 26.3 Å². The van der Waals surface area contributed by atoms with Gasteiger partial charge in [0.15, 0.2) is 11.5 Å². The summed E-state index contributed by atoms with van der Waals surface area (Å²) >= 11 is 0. The summed E-state index contributed by atoms with van der Waals surface area (Å²) in [4.78, 5) is 26.4. The van der Waals surface area contributed by atoms with Gasteiger partial charge in [0.25, 0.3) is 5.56 Å². The van der Waals surface area contributed by atoms with Gasteiger partial charge in [-0.2, -0.15) is 0 Å². The monoisotopic (exact) mass is 304 g/mol. The number of amides is 1. The zero-order chi connectivity index (χ0) is 16.1. The number of hydrogen-bond acceptors (Lipinski definition) is 4. The van der Waals surface area contributed by atoms with Gasteiger partial charge in [0, 0.05) is 30.0 Å². The maximum Gasteiger partial charge on any atom is 0.253 e. The van der Waals surface area contributed by atoms with Crippen LogP contribution in [0.25, 0.3) is 10.9 Å². The highest BCUT2D eigenvalue weighted by Gasteiger charge is 2.10. The van der Waals surface area contributed by atoms with E-state index < -0.39 is 0 Å². The van der Waals surface area contributed by atoms with Crippen LogP contribution in [0.3, 0.4) is 0 Å². The third-order valence-electron chi connectivity index (χ3n) is 3.38. The minimum atomic E-state index is -0.225. The molecule has 0 spiro atoms. The lowest BCUT2D eigenvalue weighted by molar-refractivity contribution is -0.121. The predicted molar refractivity (Wildman–Crippen MR) is 84.4 cm³/mol. The van der Waals surface area contributed by atoms with Crippen LogP contribution in [-0.2, 0) is 11.3 Å². The quantitative estimate of drug-likeness (QED) is 0.855. The number of rotatable bonds is 6. The first-order chi connectivity index (χ1) is 10.6. The molecule has 1 amide bonds. The van der Waals surface area contributed by atoms with Crippen LogP contribution in [-0.4, -0.2) is 25.1 Å². The Morgan fingerprint density at radius 3 is 2.50 bits per heavy atom. The number of carbonyl (C=O) groups is 1. The predicted octanol–water partition coefficient (Wildman–Crippen LogP) is 1.96. The molecule has 1 aromatic heterocycles. The molecule has 6 nitrogen and oxygen atoms in total. The molecule has 2 rings (SSSR count). The summed E-state index contributed by atoms with van der Waals surface area (Å²) in [5.74, 6) is 1.08. The molecule has 0 atom stereocenters. The second-order valence-electron chi connectivity index (χ2n) is 4.94. The number of hydrogen-bond donors (Lipinski definition) is 2. The smallest absolute Gasteiger partial charge is 0.253 e. The van der Waals surface area contributed by atoms with Crippen molar-refractivity contribution in [1.29, 1.82) is 0 Å². The Morgan fingerprint density at radius 2 is 1.86 bits per heavy atom. The van der Waals surface area contributed by atoms with Crippen molar-refractivity contribution < 1.29 is 14.3 Å². The molecule has 2 N–H and O–H groups in total. The molecule has 6 heteroatoms. The molecular formula is C16H20N2O4. The zero-order valence-electron chi connectivity index (χ0n) is 13.0. The van der Waals surface area contributed by atoms with Gasteiger partial charge in [-0.15, -0.1) is 0 Å². The number of methoxy groups -OCH3 is 2. The minimum absolute atomic E-state index is 0.0608. The fourth-order valence-electron chi connectivity index (χ4n) is 2.22. The van der Waals surface area contributed by atoms with Crippen molar-refractivity contribution in [3.8, 4) is 11.5 Å². The van der Waals surface area contributed by atoms with Crippen molar-refractivity contribution in [2.24, 2.45) is 0 Å². The van der Waals surface area contributed by atoms with Gasteiger partial charge < -0.3 is 19.8 Å². The summed E-state index contributed by atoms with van der Waals surface area (Å²) < 4.78 is 10.5. The second kappa shape index (κ2) is 6.98. The molecule has 0 bridgehead atoms. The normalized spacial score (nSPS) is 10.5. The van der Waals surface area contributed by atoms with Crippen LogP contribution in [0.2, 0.25) is 0 Å². The third-order valence-corrected chi connectivity index (χ3v) is 3.38. The summed E-state index contributed by atoms with van der Waals surface area (Å²) in [7, 11) is 3.10. The number of ether oxygens (including phenoxy) is 2. The van der Waals surface area contributed by atoms with E-state index in [9.17, 15) is 9.59 Å². The summed E-state index contributed by atoms with van der Waals surface area (Å²) in [6, 6.07) is 5.26. The van der Waals surface area contributed by atoms with Crippen molar-refractivity contribution in [3.05, 3.63) is 34.1 Å². The number of aromatic nitrogens is 1. The number of fused-ring (bicyclic) bond motifs is 1. The van der Waals surface area contributed by atoms with Crippen molar-refractivity contribution in [2.75, 3.05) is 14.2 Å². The lowest BCUT2D eigenvalue weighted by Gasteiger charge is -2.10. The summed E-state index contributed by atoms with van der Waals surface area (Å²) in [6.45, 7) is 2.14. The highest BCUT2D eigenvalue weighted by Crippen LogP contribution is 2.30. The summed E-state index contributed by atoms with van der Waals surface area (Å²) in [5, 5.41) is 3.56. The van der Waals surface area contributed by atoms with Crippen LogP contribution in [0.15, 0.2) is 23.0 Å². The fourth-order valence-corrected chi connectivity index (χ4v) is 2.22. The van der Waals surface area contributed by atoms with E-state index in [4.69, 9.17) is 9.47 Å². The van der Waals surface area contributed by atoms with E-state index in [1.54, 1.807) is 32.4 Å². The molecule has 0 fully saturated rings. The Morgan fingerprint density at radius 1 is 1.18 bits per heavy atom. The van der Waals surface area contributed by atoms with Crippen LogP contribution in [0.4, 0.5) is 0 Å². The molecule has 0 radical (unpaired) electrons. The van der Waals surface area contributed by atoms with Crippen LogP contribution in [0.1, 0.15) is 25.3 Å². The Hall–Kier alpha value is -2.50. The highest BCUT2D eigenvalue weighted by molar-refractivity contribution is 5.83. The summed E-state index contributed by atoms with van der Waals surface area (Å²) in [6.07, 6.45) is 1.23. The van der Waals surface area contributed by atoms with Crippen molar-refractivity contribution in [1.82, 2.24) is 10.3 Å². The number of nitrogens with one attached hydrogen (secondary N) is 2. The Bertz CT molecular complexity index is 737. The fraction of sp³-hybridized carbons (Fsp3) is 0.375. The van der Waals surface area contributed by atoms with E-state index in [2.05, 4.69) is 10.3 Å². The van der Waals surface area contributed by atoms with Gasteiger partial charge >= 0.3 is 0 Å². The van der Waals surface area contributed by atoms with Gasteiger partial charge in [-0.05, 0) is 18.6 Å². The minimum Gasteiger partial charge on any atom is -0.493 e. The molecule has 0 saturated carbocycles. The standard InChI is InChI=1S/C16H20N2O4/c1-4-5-15(19)17-9-11-6-10-7-13(21-2)14(22-3)8-12(10)18-16(11)20/h6-8H,4-5,9H2,1-3H3,(H,17,19)(H,18,20). The van der Waals surface area contributed by atoms with Gasteiger partial charge in [0.1, 0.15) is 0 Å². The number of carbonyl (C=O) groups excluding carboxylic acids is 1. The van der Waals surface area contributed by atoms with E-state index in [1.165, 1.54) is 0 Å². The van der Waals surface area contributed by atoms with Crippen molar-refractivity contribution in [3.63, 3.8) is 0 Å². The van der Waals surface area contributed by atoms with Gasteiger partial charge in [0.2, 0.25) is 5.91 Å². The summed E-state index contributed by atoms with van der Waals surface area (Å²) in [5.41, 5.74) is 0.937. The van der Waals surface area contributed by atoms with E-state index in [0.717, 1.165) is 11.8 Å².